The maximum Gasteiger partial charge on any atom is 0.412 e. The number of hydrogen-bond acceptors (Lipinski definition) is 4. The summed E-state index contributed by atoms with van der Waals surface area (Å²) in [5.41, 5.74) is 6.25. The molecule has 0 spiro atoms. The topological polar surface area (TPSA) is 84.6 Å². The second-order valence-corrected chi connectivity index (χ2v) is 5.56. The fraction of sp³-hybridized carbons (Fsp3) is 0.462. The van der Waals surface area contributed by atoms with Crippen LogP contribution in [0.5, 0.6) is 0 Å². The van der Waals surface area contributed by atoms with Crippen LogP contribution in [0.2, 0.25) is 5.02 Å². The fourth-order valence-corrected chi connectivity index (χ4v) is 1.75. The van der Waals surface area contributed by atoms with Gasteiger partial charge in [-0.3, -0.25) is 5.32 Å². The molecule has 0 heterocycles. The van der Waals surface area contributed by atoms with Gasteiger partial charge in [0.05, 0.1) is 12.6 Å². The first-order valence-corrected chi connectivity index (χ1v) is 6.26. The summed E-state index contributed by atoms with van der Waals surface area (Å²) in [5, 5.41) is 11.9. The van der Waals surface area contributed by atoms with Crippen molar-refractivity contribution >= 4 is 23.4 Å². The van der Waals surface area contributed by atoms with Crippen molar-refractivity contribution in [3.05, 3.63) is 28.8 Å². The van der Waals surface area contributed by atoms with Gasteiger partial charge in [-0.25, -0.2) is 4.79 Å². The Bertz CT molecular complexity index is 458. The normalized spacial score (nSPS) is 12.9. The molecule has 0 bridgehead atoms. The number of nitrogens with one attached hydrogen (secondary N) is 1. The number of hydrogen-bond donors (Lipinski definition) is 3. The molecule has 4 N–H and O–H groups in total. The van der Waals surface area contributed by atoms with Crippen LogP contribution < -0.4 is 11.1 Å². The number of anilines is 1. The lowest BCUT2D eigenvalue weighted by Crippen LogP contribution is -2.27. The van der Waals surface area contributed by atoms with Gasteiger partial charge in [0.2, 0.25) is 0 Å². The average molecular weight is 287 g/mol. The molecule has 0 fully saturated rings. The van der Waals surface area contributed by atoms with E-state index in [2.05, 4.69) is 5.32 Å². The third kappa shape index (κ3) is 5.06. The number of aliphatic hydroxyl groups excluding tert-OH is 1. The lowest BCUT2D eigenvalue weighted by Gasteiger charge is -2.20. The Balaban J connectivity index is 2.76. The molecule has 1 aromatic rings. The van der Waals surface area contributed by atoms with Crippen molar-refractivity contribution in [3.63, 3.8) is 0 Å². The maximum atomic E-state index is 11.6. The van der Waals surface area contributed by atoms with Crippen LogP contribution in [-0.2, 0) is 4.74 Å². The molecule has 19 heavy (non-hydrogen) atoms. The molecular weight excluding hydrogens is 268 g/mol. The zero-order valence-electron chi connectivity index (χ0n) is 11.2. The third-order valence-corrected chi connectivity index (χ3v) is 2.57. The number of carbonyl (C=O) groups excluding carboxylic acids is 1. The molecule has 1 rings (SSSR count). The number of benzene rings is 1. The Kier molecular flexibility index (Phi) is 5.17. The summed E-state index contributed by atoms with van der Waals surface area (Å²) < 4.78 is 5.12. The van der Waals surface area contributed by atoms with Crippen LogP contribution in [0.25, 0.3) is 0 Å². The minimum absolute atomic E-state index is 0.196. The Morgan fingerprint density at radius 2 is 2.16 bits per heavy atom. The summed E-state index contributed by atoms with van der Waals surface area (Å²) in [6, 6.07) is 4.34. The predicted molar refractivity (Wildman–Crippen MR) is 75.3 cm³/mol. The van der Waals surface area contributed by atoms with Crippen LogP contribution in [-0.4, -0.2) is 23.4 Å². The van der Waals surface area contributed by atoms with E-state index in [0.717, 1.165) is 0 Å². The van der Waals surface area contributed by atoms with Crippen molar-refractivity contribution in [2.24, 2.45) is 5.73 Å². The summed E-state index contributed by atoms with van der Waals surface area (Å²) >= 11 is 6.04. The van der Waals surface area contributed by atoms with Crippen molar-refractivity contribution in [1.82, 2.24) is 0 Å². The molecule has 1 atom stereocenters. The molecule has 6 heteroatoms. The Morgan fingerprint density at radius 1 is 1.53 bits per heavy atom. The monoisotopic (exact) mass is 286 g/mol. The molecular formula is C13H19ClN2O3. The Morgan fingerprint density at radius 3 is 2.63 bits per heavy atom. The van der Waals surface area contributed by atoms with E-state index in [4.69, 9.17) is 27.2 Å². The van der Waals surface area contributed by atoms with Crippen molar-refractivity contribution < 1.29 is 14.6 Å². The second-order valence-electron chi connectivity index (χ2n) is 5.15. The highest BCUT2D eigenvalue weighted by molar-refractivity contribution is 6.31. The van der Waals surface area contributed by atoms with Gasteiger partial charge in [-0.15, -0.1) is 0 Å². The quantitative estimate of drug-likeness (QED) is 0.797. The SMILES string of the molecule is CC(C)(C)OC(=O)Nc1ccc([C@H](N)CO)c(Cl)c1. The minimum atomic E-state index is -0.562. The lowest BCUT2D eigenvalue weighted by molar-refractivity contribution is 0.0636. The van der Waals surface area contributed by atoms with Crippen LogP contribution in [0.1, 0.15) is 32.4 Å². The van der Waals surface area contributed by atoms with Gasteiger partial charge in [-0.1, -0.05) is 17.7 Å². The Labute approximate surface area is 117 Å². The first-order chi connectivity index (χ1) is 8.73. The molecule has 0 saturated carbocycles. The van der Waals surface area contributed by atoms with E-state index in [1.165, 1.54) is 0 Å². The predicted octanol–water partition coefficient (Wildman–Crippen LogP) is 2.68. The molecule has 0 unspecified atom stereocenters. The van der Waals surface area contributed by atoms with Crippen LogP contribution in [0.3, 0.4) is 0 Å². The van der Waals surface area contributed by atoms with Gasteiger partial charge in [0.15, 0.2) is 0 Å². The van der Waals surface area contributed by atoms with Crippen molar-refractivity contribution in [1.29, 1.82) is 0 Å². The molecule has 0 aromatic heterocycles. The number of amides is 1. The van der Waals surface area contributed by atoms with Crippen molar-refractivity contribution in [2.45, 2.75) is 32.4 Å². The number of aliphatic hydroxyl groups is 1. The van der Waals surface area contributed by atoms with E-state index < -0.39 is 17.7 Å². The van der Waals surface area contributed by atoms with E-state index in [9.17, 15) is 4.79 Å². The van der Waals surface area contributed by atoms with Gasteiger partial charge in [-0.2, -0.15) is 0 Å². The van der Waals surface area contributed by atoms with Gasteiger partial charge >= 0.3 is 6.09 Å². The number of halogens is 1. The summed E-state index contributed by atoms with van der Waals surface area (Å²) in [6.07, 6.45) is -0.553. The zero-order chi connectivity index (χ0) is 14.6. The smallest absolute Gasteiger partial charge is 0.412 e. The molecule has 0 aliphatic heterocycles. The molecule has 0 radical (unpaired) electrons. The van der Waals surface area contributed by atoms with E-state index in [1.54, 1.807) is 39.0 Å². The standard InChI is InChI=1S/C13H19ClN2O3/c1-13(2,3)19-12(18)16-8-4-5-9(10(14)6-8)11(15)7-17/h4-6,11,17H,7,15H2,1-3H3,(H,16,18)/t11-/m1/s1. The number of rotatable bonds is 3. The largest absolute Gasteiger partial charge is 0.444 e. The van der Waals surface area contributed by atoms with E-state index >= 15 is 0 Å². The van der Waals surface area contributed by atoms with Crippen LogP contribution in [0.4, 0.5) is 10.5 Å². The molecule has 5 nitrogen and oxygen atoms in total. The van der Waals surface area contributed by atoms with Gasteiger partial charge in [0.1, 0.15) is 5.60 Å². The number of carbonyl (C=O) groups is 1. The van der Waals surface area contributed by atoms with Crippen LogP contribution in [0.15, 0.2) is 18.2 Å². The zero-order valence-corrected chi connectivity index (χ0v) is 12.0. The van der Waals surface area contributed by atoms with Gasteiger partial charge in [0, 0.05) is 10.7 Å². The summed E-state index contributed by atoms with van der Waals surface area (Å²) in [7, 11) is 0. The number of nitrogens with two attached hydrogens (primary N) is 1. The average Bonchev–Trinajstić information content (AvgIpc) is 2.25. The molecule has 1 aromatic carbocycles. The molecule has 0 aliphatic carbocycles. The van der Waals surface area contributed by atoms with E-state index in [-0.39, 0.29) is 6.61 Å². The number of ether oxygens (including phenoxy) is 1. The van der Waals surface area contributed by atoms with E-state index in [0.29, 0.717) is 16.3 Å². The maximum absolute atomic E-state index is 11.6. The summed E-state index contributed by atoms with van der Waals surface area (Å²) in [5.74, 6) is 0. The van der Waals surface area contributed by atoms with Crippen molar-refractivity contribution in [3.8, 4) is 0 Å². The first kappa shape index (κ1) is 15.8. The highest BCUT2D eigenvalue weighted by Gasteiger charge is 2.17. The molecule has 0 aliphatic rings. The van der Waals surface area contributed by atoms with Gasteiger partial charge < -0.3 is 15.6 Å². The lowest BCUT2D eigenvalue weighted by atomic mass is 10.1. The summed E-state index contributed by atoms with van der Waals surface area (Å²) in [6.45, 7) is 5.15. The van der Waals surface area contributed by atoms with Gasteiger partial charge in [-0.05, 0) is 38.5 Å². The molecule has 0 saturated heterocycles. The van der Waals surface area contributed by atoms with Gasteiger partial charge in [0.25, 0.3) is 0 Å². The fourth-order valence-electron chi connectivity index (χ4n) is 1.43. The highest BCUT2D eigenvalue weighted by atomic mass is 35.5. The minimum Gasteiger partial charge on any atom is -0.444 e. The highest BCUT2D eigenvalue weighted by Crippen LogP contribution is 2.25. The third-order valence-electron chi connectivity index (χ3n) is 2.24. The summed E-state index contributed by atoms with van der Waals surface area (Å²) in [4.78, 5) is 11.6. The second kappa shape index (κ2) is 6.23. The van der Waals surface area contributed by atoms with Crippen molar-refractivity contribution in [2.75, 3.05) is 11.9 Å². The van der Waals surface area contributed by atoms with E-state index in [1.807, 2.05) is 0 Å². The first-order valence-electron chi connectivity index (χ1n) is 5.89. The van der Waals surface area contributed by atoms with Crippen LogP contribution in [0, 0.1) is 0 Å². The molecule has 1 amide bonds. The molecule has 106 valence electrons. The Hall–Kier alpha value is -1.30. The van der Waals surface area contributed by atoms with Crippen LogP contribution >= 0.6 is 11.6 Å².